The lowest BCUT2D eigenvalue weighted by molar-refractivity contribution is 0.181. The van der Waals surface area contributed by atoms with Crippen molar-refractivity contribution in [3.8, 4) is 0 Å². The van der Waals surface area contributed by atoms with Crippen molar-refractivity contribution in [3.63, 3.8) is 0 Å². The van der Waals surface area contributed by atoms with Crippen molar-refractivity contribution in [3.05, 3.63) is 33.4 Å². The molecule has 0 spiro atoms. The normalized spacial score (nSPS) is 12.9. The summed E-state index contributed by atoms with van der Waals surface area (Å²) in [6.45, 7) is 0.570. The molecule has 0 aliphatic carbocycles. The minimum Gasteiger partial charge on any atom is -0.383 e. The van der Waals surface area contributed by atoms with Gasteiger partial charge < -0.3 is 10.5 Å². The van der Waals surface area contributed by atoms with Crippen molar-refractivity contribution in [2.75, 3.05) is 13.7 Å². The predicted molar refractivity (Wildman–Crippen MR) is 58.0 cm³/mol. The molecular formula is C9H12INO. The Balaban J connectivity index is 2.68. The molecule has 0 aliphatic heterocycles. The van der Waals surface area contributed by atoms with Crippen molar-refractivity contribution in [2.24, 2.45) is 5.73 Å². The Morgan fingerprint density at radius 1 is 1.42 bits per heavy atom. The van der Waals surface area contributed by atoms with Gasteiger partial charge in [0.05, 0.1) is 12.6 Å². The standard InChI is InChI=1S/C9H12INO/c1-12-6-9(11)7-2-4-8(10)5-3-7/h2-5,9H,6,11H2,1H3/t9-/m0/s1. The van der Waals surface area contributed by atoms with E-state index in [1.54, 1.807) is 7.11 Å². The van der Waals surface area contributed by atoms with Crippen LogP contribution in [0.25, 0.3) is 0 Å². The summed E-state index contributed by atoms with van der Waals surface area (Å²) in [7, 11) is 1.66. The number of benzene rings is 1. The van der Waals surface area contributed by atoms with E-state index < -0.39 is 0 Å². The maximum Gasteiger partial charge on any atom is 0.0655 e. The molecule has 0 saturated carbocycles. The van der Waals surface area contributed by atoms with Crippen LogP contribution in [0.2, 0.25) is 0 Å². The third-order valence-electron chi connectivity index (χ3n) is 1.64. The molecule has 1 aromatic carbocycles. The van der Waals surface area contributed by atoms with Gasteiger partial charge in [0.15, 0.2) is 0 Å². The fourth-order valence-corrected chi connectivity index (χ4v) is 1.35. The Morgan fingerprint density at radius 3 is 2.50 bits per heavy atom. The summed E-state index contributed by atoms with van der Waals surface area (Å²) < 4.78 is 6.18. The number of nitrogens with two attached hydrogens (primary N) is 1. The van der Waals surface area contributed by atoms with Gasteiger partial charge in [0, 0.05) is 10.7 Å². The van der Waals surface area contributed by atoms with E-state index in [9.17, 15) is 0 Å². The summed E-state index contributed by atoms with van der Waals surface area (Å²) >= 11 is 2.27. The molecule has 0 bridgehead atoms. The van der Waals surface area contributed by atoms with Crippen LogP contribution in [0.5, 0.6) is 0 Å². The van der Waals surface area contributed by atoms with Crippen LogP contribution < -0.4 is 5.73 Å². The molecule has 3 heteroatoms. The third kappa shape index (κ3) is 2.73. The first kappa shape index (κ1) is 9.95. The van der Waals surface area contributed by atoms with E-state index in [2.05, 4.69) is 22.6 Å². The Labute approximate surface area is 86.2 Å². The van der Waals surface area contributed by atoms with Gasteiger partial charge in [0.25, 0.3) is 0 Å². The molecule has 2 nitrogen and oxygen atoms in total. The number of rotatable bonds is 3. The first-order valence-corrected chi connectivity index (χ1v) is 4.82. The molecule has 0 amide bonds. The molecule has 0 heterocycles. The molecule has 0 saturated heterocycles. The molecule has 1 atom stereocenters. The Bertz CT molecular complexity index is 235. The molecule has 0 fully saturated rings. The van der Waals surface area contributed by atoms with Crippen LogP contribution >= 0.6 is 22.6 Å². The summed E-state index contributed by atoms with van der Waals surface area (Å²) in [4.78, 5) is 0. The second-order valence-corrected chi connectivity index (χ2v) is 3.86. The van der Waals surface area contributed by atoms with Crippen LogP contribution in [0.15, 0.2) is 24.3 Å². The van der Waals surface area contributed by atoms with E-state index >= 15 is 0 Å². The lowest BCUT2D eigenvalue weighted by Crippen LogP contribution is -2.15. The number of hydrogen-bond donors (Lipinski definition) is 1. The molecular weight excluding hydrogens is 265 g/mol. The highest BCUT2D eigenvalue weighted by Gasteiger charge is 2.03. The quantitative estimate of drug-likeness (QED) is 0.857. The van der Waals surface area contributed by atoms with Gasteiger partial charge >= 0.3 is 0 Å². The topological polar surface area (TPSA) is 35.2 Å². The summed E-state index contributed by atoms with van der Waals surface area (Å²) in [5, 5.41) is 0. The first-order valence-electron chi connectivity index (χ1n) is 3.74. The van der Waals surface area contributed by atoms with Crippen LogP contribution in [0, 0.1) is 3.57 Å². The molecule has 0 unspecified atom stereocenters. The van der Waals surface area contributed by atoms with Crippen LogP contribution in [0.4, 0.5) is 0 Å². The summed E-state index contributed by atoms with van der Waals surface area (Å²) in [6.07, 6.45) is 0. The molecule has 2 N–H and O–H groups in total. The number of hydrogen-bond acceptors (Lipinski definition) is 2. The highest BCUT2D eigenvalue weighted by molar-refractivity contribution is 14.1. The number of ether oxygens (including phenoxy) is 1. The fraction of sp³-hybridized carbons (Fsp3) is 0.333. The smallest absolute Gasteiger partial charge is 0.0655 e. The van der Waals surface area contributed by atoms with Crippen molar-refractivity contribution in [2.45, 2.75) is 6.04 Å². The van der Waals surface area contributed by atoms with Crippen molar-refractivity contribution < 1.29 is 4.74 Å². The zero-order valence-electron chi connectivity index (χ0n) is 6.96. The van der Waals surface area contributed by atoms with Gasteiger partial charge in [0.1, 0.15) is 0 Å². The van der Waals surface area contributed by atoms with Crippen LogP contribution in [0.3, 0.4) is 0 Å². The van der Waals surface area contributed by atoms with Crippen molar-refractivity contribution in [1.29, 1.82) is 0 Å². The number of halogens is 1. The van der Waals surface area contributed by atoms with E-state index in [4.69, 9.17) is 10.5 Å². The molecule has 0 radical (unpaired) electrons. The summed E-state index contributed by atoms with van der Waals surface area (Å²) in [5.41, 5.74) is 6.95. The molecule has 0 aromatic heterocycles. The lowest BCUT2D eigenvalue weighted by atomic mass is 10.1. The minimum atomic E-state index is -0.00741. The SMILES string of the molecule is COC[C@H](N)c1ccc(I)cc1. The monoisotopic (exact) mass is 277 g/mol. The first-order chi connectivity index (χ1) is 5.74. The van der Waals surface area contributed by atoms with Gasteiger partial charge in [-0.15, -0.1) is 0 Å². The van der Waals surface area contributed by atoms with E-state index in [1.165, 1.54) is 3.57 Å². The van der Waals surface area contributed by atoms with Crippen molar-refractivity contribution in [1.82, 2.24) is 0 Å². The average molecular weight is 277 g/mol. The van der Waals surface area contributed by atoms with Gasteiger partial charge in [-0.1, -0.05) is 12.1 Å². The average Bonchev–Trinajstić information content (AvgIpc) is 2.06. The Hall–Kier alpha value is -0.130. The third-order valence-corrected chi connectivity index (χ3v) is 2.36. The highest BCUT2D eigenvalue weighted by Crippen LogP contribution is 2.12. The van der Waals surface area contributed by atoms with E-state index in [0.717, 1.165) is 5.56 Å². The molecule has 66 valence electrons. The van der Waals surface area contributed by atoms with Gasteiger partial charge in [-0.3, -0.25) is 0 Å². The Morgan fingerprint density at radius 2 is 2.00 bits per heavy atom. The summed E-state index contributed by atoms with van der Waals surface area (Å²) in [5.74, 6) is 0. The van der Waals surface area contributed by atoms with Gasteiger partial charge in [-0.25, -0.2) is 0 Å². The zero-order chi connectivity index (χ0) is 8.97. The van der Waals surface area contributed by atoms with E-state index in [-0.39, 0.29) is 6.04 Å². The van der Waals surface area contributed by atoms with Gasteiger partial charge in [-0.2, -0.15) is 0 Å². The molecule has 1 aromatic rings. The van der Waals surface area contributed by atoms with Crippen LogP contribution in [-0.2, 0) is 4.74 Å². The molecule has 12 heavy (non-hydrogen) atoms. The zero-order valence-corrected chi connectivity index (χ0v) is 9.11. The predicted octanol–water partition coefficient (Wildman–Crippen LogP) is 1.94. The van der Waals surface area contributed by atoms with E-state index in [0.29, 0.717) is 6.61 Å². The van der Waals surface area contributed by atoms with Gasteiger partial charge in [0.2, 0.25) is 0 Å². The Kier molecular flexibility index (Phi) is 3.97. The van der Waals surface area contributed by atoms with Crippen LogP contribution in [0.1, 0.15) is 11.6 Å². The van der Waals surface area contributed by atoms with Gasteiger partial charge in [-0.05, 0) is 40.3 Å². The van der Waals surface area contributed by atoms with E-state index in [1.807, 2.05) is 24.3 Å². The van der Waals surface area contributed by atoms with Crippen LogP contribution in [-0.4, -0.2) is 13.7 Å². The highest BCUT2D eigenvalue weighted by atomic mass is 127. The maximum atomic E-state index is 5.83. The largest absolute Gasteiger partial charge is 0.383 e. The second kappa shape index (κ2) is 4.79. The second-order valence-electron chi connectivity index (χ2n) is 2.61. The molecule has 0 aliphatic rings. The number of methoxy groups -OCH3 is 1. The molecule has 1 rings (SSSR count). The van der Waals surface area contributed by atoms with Crippen molar-refractivity contribution >= 4 is 22.6 Å². The lowest BCUT2D eigenvalue weighted by Gasteiger charge is -2.10. The minimum absolute atomic E-state index is 0.00741. The summed E-state index contributed by atoms with van der Waals surface area (Å²) in [6, 6.07) is 8.15. The maximum absolute atomic E-state index is 5.83. The fourth-order valence-electron chi connectivity index (χ4n) is 0.986.